The lowest BCUT2D eigenvalue weighted by Crippen LogP contribution is -2.23. The largest absolute Gasteiger partial charge is 0.367 e. The molecule has 0 radical (unpaired) electrons. The molecule has 1 atom stereocenters. The third-order valence-corrected chi connectivity index (χ3v) is 4.83. The Labute approximate surface area is 120 Å². The number of nitrogens with one attached hydrogen (secondary N) is 1. The van der Waals surface area contributed by atoms with Gasteiger partial charge in [0.2, 0.25) is 10.0 Å². The molecule has 0 aliphatic rings. The second-order valence-electron chi connectivity index (χ2n) is 4.39. The average molecular weight is 306 g/mol. The molecule has 7 heteroatoms. The molecule has 1 aromatic rings. The van der Waals surface area contributed by atoms with E-state index in [4.69, 9.17) is 11.6 Å². The molecule has 19 heavy (non-hydrogen) atoms. The molecule has 0 fully saturated rings. The van der Waals surface area contributed by atoms with Crippen LogP contribution in [0.5, 0.6) is 0 Å². The van der Waals surface area contributed by atoms with Gasteiger partial charge < -0.3 is 5.32 Å². The molecule has 1 N–H and O–H groups in total. The van der Waals surface area contributed by atoms with E-state index in [1.54, 1.807) is 12.1 Å². The SMILES string of the molecule is CCC(CCCl)Nc1ccc(S(=O)(=O)N(C)C)cn1. The van der Waals surface area contributed by atoms with Gasteiger partial charge in [-0.05, 0) is 25.0 Å². The average Bonchev–Trinajstić information content (AvgIpc) is 2.38. The Morgan fingerprint density at radius 2 is 2.11 bits per heavy atom. The number of anilines is 1. The van der Waals surface area contributed by atoms with Crippen LogP contribution in [0.4, 0.5) is 5.82 Å². The maximum absolute atomic E-state index is 11.9. The fourth-order valence-electron chi connectivity index (χ4n) is 1.55. The van der Waals surface area contributed by atoms with Crippen molar-refractivity contribution in [3.8, 4) is 0 Å². The van der Waals surface area contributed by atoms with Crippen LogP contribution >= 0.6 is 11.6 Å². The number of halogens is 1. The van der Waals surface area contributed by atoms with E-state index in [0.29, 0.717) is 11.7 Å². The van der Waals surface area contributed by atoms with Gasteiger partial charge in [0.25, 0.3) is 0 Å². The molecule has 1 heterocycles. The molecule has 0 spiro atoms. The van der Waals surface area contributed by atoms with Crippen LogP contribution in [-0.4, -0.2) is 43.7 Å². The van der Waals surface area contributed by atoms with Crippen molar-refractivity contribution in [1.29, 1.82) is 0 Å². The van der Waals surface area contributed by atoms with E-state index in [1.807, 2.05) is 0 Å². The van der Waals surface area contributed by atoms with E-state index in [-0.39, 0.29) is 10.9 Å². The molecule has 5 nitrogen and oxygen atoms in total. The van der Waals surface area contributed by atoms with Crippen molar-refractivity contribution >= 4 is 27.4 Å². The molecule has 0 aliphatic carbocycles. The number of rotatable bonds is 7. The number of sulfonamides is 1. The highest BCUT2D eigenvalue weighted by atomic mass is 35.5. The Hall–Kier alpha value is -0.850. The summed E-state index contributed by atoms with van der Waals surface area (Å²) in [6, 6.07) is 3.48. The summed E-state index contributed by atoms with van der Waals surface area (Å²) >= 11 is 5.72. The van der Waals surface area contributed by atoms with Gasteiger partial charge in [-0.3, -0.25) is 0 Å². The summed E-state index contributed by atoms with van der Waals surface area (Å²) in [4.78, 5) is 4.33. The summed E-state index contributed by atoms with van der Waals surface area (Å²) in [5.74, 6) is 1.24. The van der Waals surface area contributed by atoms with E-state index < -0.39 is 10.0 Å². The maximum Gasteiger partial charge on any atom is 0.244 e. The number of nitrogens with zero attached hydrogens (tertiary/aromatic N) is 2. The zero-order valence-electron chi connectivity index (χ0n) is 11.4. The number of hydrogen-bond acceptors (Lipinski definition) is 4. The van der Waals surface area contributed by atoms with Crippen LogP contribution < -0.4 is 5.32 Å². The fourth-order valence-corrected chi connectivity index (χ4v) is 2.66. The predicted molar refractivity (Wildman–Crippen MR) is 78.1 cm³/mol. The van der Waals surface area contributed by atoms with Crippen LogP contribution in [0.25, 0.3) is 0 Å². The van der Waals surface area contributed by atoms with Crippen molar-refractivity contribution in [3.05, 3.63) is 18.3 Å². The molecule has 0 saturated carbocycles. The van der Waals surface area contributed by atoms with Gasteiger partial charge in [0.05, 0.1) is 0 Å². The van der Waals surface area contributed by atoms with E-state index in [9.17, 15) is 8.42 Å². The zero-order valence-corrected chi connectivity index (χ0v) is 13.0. The first-order chi connectivity index (χ1) is 8.91. The molecule has 0 aromatic carbocycles. The minimum atomic E-state index is -3.42. The van der Waals surface area contributed by atoms with Gasteiger partial charge in [-0.2, -0.15) is 0 Å². The molecule has 1 rings (SSSR count). The lowest BCUT2D eigenvalue weighted by Gasteiger charge is -2.16. The molecule has 0 saturated heterocycles. The summed E-state index contributed by atoms with van der Waals surface area (Å²) < 4.78 is 24.9. The van der Waals surface area contributed by atoms with Gasteiger partial charge >= 0.3 is 0 Å². The summed E-state index contributed by atoms with van der Waals surface area (Å²) in [5, 5.41) is 3.23. The van der Waals surface area contributed by atoms with Gasteiger partial charge in [0.15, 0.2) is 0 Å². The van der Waals surface area contributed by atoms with E-state index in [0.717, 1.165) is 12.8 Å². The summed E-state index contributed by atoms with van der Waals surface area (Å²) in [7, 11) is -0.426. The van der Waals surface area contributed by atoms with E-state index in [2.05, 4.69) is 17.2 Å². The highest BCUT2D eigenvalue weighted by Crippen LogP contribution is 2.15. The van der Waals surface area contributed by atoms with Crippen molar-refractivity contribution in [2.45, 2.75) is 30.7 Å². The number of hydrogen-bond donors (Lipinski definition) is 1. The van der Waals surface area contributed by atoms with Gasteiger partial charge in [-0.1, -0.05) is 6.92 Å². The number of pyridine rings is 1. The second kappa shape index (κ2) is 7.07. The van der Waals surface area contributed by atoms with Crippen LogP contribution in [0.15, 0.2) is 23.2 Å². The normalized spacial score (nSPS) is 13.5. The predicted octanol–water partition coefficient (Wildman–Crippen LogP) is 2.15. The van der Waals surface area contributed by atoms with Gasteiger partial charge in [-0.15, -0.1) is 11.6 Å². The van der Waals surface area contributed by atoms with Crippen LogP contribution in [0.3, 0.4) is 0 Å². The van der Waals surface area contributed by atoms with Crippen molar-refractivity contribution in [2.75, 3.05) is 25.3 Å². The smallest absolute Gasteiger partial charge is 0.244 e. The van der Waals surface area contributed by atoms with Gasteiger partial charge in [0.1, 0.15) is 10.7 Å². The quantitative estimate of drug-likeness (QED) is 0.784. The molecule has 0 bridgehead atoms. The molecule has 0 aliphatic heterocycles. The van der Waals surface area contributed by atoms with Crippen molar-refractivity contribution in [1.82, 2.24) is 9.29 Å². The van der Waals surface area contributed by atoms with Crippen molar-refractivity contribution in [2.24, 2.45) is 0 Å². The van der Waals surface area contributed by atoms with Crippen LogP contribution in [0.1, 0.15) is 19.8 Å². The Bertz CT molecular complexity index is 488. The van der Waals surface area contributed by atoms with Crippen LogP contribution in [-0.2, 0) is 10.0 Å². The molecular weight excluding hydrogens is 286 g/mol. The topological polar surface area (TPSA) is 62.3 Å². The summed E-state index contributed by atoms with van der Waals surface area (Å²) in [6.07, 6.45) is 3.15. The Morgan fingerprint density at radius 1 is 1.42 bits per heavy atom. The lowest BCUT2D eigenvalue weighted by molar-refractivity contribution is 0.520. The number of alkyl halides is 1. The summed E-state index contributed by atoms with van der Waals surface area (Å²) in [6.45, 7) is 2.06. The number of aromatic nitrogens is 1. The van der Waals surface area contributed by atoms with E-state index in [1.165, 1.54) is 24.6 Å². The Morgan fingerprint density at radius 3 is 2.53 bits per heavy atom. The van der Waals surface area contributed by atoms with Crippen molar-refractivity contribution in [3.63, 3.8) is 0 Å². The van der Waals surface area contributed by atoms with E-state index >= 15 is 0 Å². The minimum Gasteiger partial charge on any atom is -0.367 e. The highest BCUT2D eigenvalue weighted by molar-refractivity contribution is 7.89. The van der Waals surface area contributed by atoms with Crippen LogP contribution in [0.2, 0.25) is 0 Å². The zero-order chi connectivity index (χ0) is 14.5. The lowest BCUT2D eigenvalue weighted by atomic mass is 10.2. The Balaban J connectivity index is 2.82. The molecule has 0 amide bonds. The summed E-state index contributed by atoms with van der Waals surface area (Å²) in [5.41, 5.74) is 0. The monoisotopic (exact) mass is 305 g/mol. The second-order valence-corrected chi connectivity index (χ2v) is 6.92. The van der Waals surface area contributed by atoms with Crippen molar-refractivity contribution < 1.29 is 8.42 Å². The maximum atomic E-state index is 11.9. The first-order valence-electron chi connectivity index (χ1n) is 6.13. The van der Waals surface area contributed by atoms with Crippen LogP contribution in [0, 0.1) is 0 Å². The first kappa shape index (κ1) is 16.2. The Kier molecular flexibility index (Phi) is 6.03. The third-order valence-electron chi connectivity index (χ3n) is 2.82. The molecule has 1 aromatic heterocycles. The first-order valence-corrected chi connectivity index (χ1v) is 8.10. The van der Waals surface area contributed by atoms with Gasteiger partial charge in [-0.25, -0.2) is 17.7 Å². The molecule has 108 valence electrons. The highest BCUT2D eigenvalue weighted by Gasteiger charge is 2.17. The molecule has 1 unspecified atom stereocenters. The standard InChI is InChI=1S/C12H20ClN3O2S/c1-4-10(7-8-13)15-12-6-5-11(9-14-12)19(17,18)16(2)3/h5-6,9-10H,4,7-8H2,1-3H3,(H,14,15). The molecular formula is C12H20ClN3O2S. The fraction of sp³-hybridized carbons (Fsp3) is 0.583. The minimum absolute atomic E-state index is 0.188. The third kappa shape index (κ3) is 4.33. The van der Waals surface area contributed by atoms with Gasteiger partial charge in [0, 0.05) is 32.2 Å².